The fourth-order valence-corrected chi connectivity index (χ4v) is 8.78. The van der Waals surface area contributed by atoms with Crippen molar-refractivity contribution in [3.63, 3.8) is 0 Å². The highest BCUT2D eigenvalue weighted by atomic mass is 32.2. The Kier molecular flexibility index (Phi) is 21.0. The second-order valence-corrected chi connectivity index (χ2v) is 19.5. The van der Waals surface area contributed by atoms with Crippen LogP contribution in [0.3, 0.4) is 0 Å². The van der Waals surface area contributed by atoms with Crippen LogP contribution in [0.2, 0.25) is 0 Å². The van der Waals surface area contributed by atoms with Gasteiger partial charge in [-0.2, -0.15) is 8.42 Å². The number of aliphatic imine (C=N–C) groups is 1. The van der Waals surface area contributed by atoms with Crippen molar-refractivity contribution in [2.75, 3.05) is 64.4 Å². The van der Waals surface area contributed by atoms with Crippen molar-refractivity contribution in [3.05, 3.63) is 94.1 Å². The molecule has 63 heavy (non-hydrogen) atoms. The number of sulfonamides is 1. The van der Waals surface area contributed by atoms with Gasteiger partial charge in [-0.15, -0.1) is 0 Å². The molecule has 0 aliphatic heterocycles. The Hall–Kier alpha value is -5.01. The summed E-state index contributed by atoms with van der Waals surface area (Å²) in [6, 6.07) is 10.7. The third-order valence-corrected chi connectivity index (χ3v) is 12.7. The molecule has 0 heterocycles. The van der Waals surface area contributed by atoms with Crippen LogP contribution in [0.5, 0.6) is 5.75 Å². The summed E-state index contributed by atoms with van der Waals surface area (Å²) < 4.78 is 65.8. The van der Waals surface area contributed by atoms with E-state index in [2.05, 4.69) is 15.4 Å². The Labute approximate surface area is 372 Å². The predicted molar refractivity (Wildman–Crippen MR) is 245 cm³/mol. The number of allylic oxidation sites excluding steroid dienone is 5. The summed E-state index contributed by atoms with van der Waals surface area (Å²) in [5, 5.41) is 14.5. The Balaban J connectivity index is 1.72. The standard InChI is InChI=1S/C45H63N5O11S2/c1-6-22-49-62(56,57)29-14-25-46-39-19-10-9-18-38(39)42(37-17-8-7-16-33(37)2)45(55)61-43-34(3)31-36(32-35(43)4)44(54)48-24-13-27-50(5,28-15-30-63(58,59)60)26-12-23-47-40(51)20-11-21-41(52)53/h7-10,16-19,31-32,49H,6,11-15,20-30H2,1-5H3,(H3-,47,48,51,52,53,54,58,59,60)/p+1/b42-38+,46-39?. The fourth-order valence-electron chi connectivity index (χ4n) is 7.12. The van der Waals surface area contributed by atoms with Crippen molar-refractivity contribution in [2.24, 2.45) is 4.99 Å². The smallest absolute Gasteiger partial charge is 0.344 e. The molecule has 0 aromatic heterocycles. The fraction of sp³-hybridized carbons (Fsp3) is 0.489. The van der Waals surface area contributed by atoms with E-state index in [1.807, 2.05) is 45.2 Å². The number of carbonyl (C=O) groups excluding carboxylic acids is 3. The molecule has 1 unspecified atom stereocenters. The first kappa shape index (κ1) is 52.3. The van der Waals surface area contributed by atoms with E-state index in [-0.39, 0.29) is 67.5 Å². The van der Waals surface area contributed by atoms with Gasteiger partial charge >= 0.3 is 11.9 Å². The van der Waals surface area contributed by atoms with E-state index < -0.39 is 32.1 Å². The van der Waals surface area contributed by atoms with Crippen molar-refractivity contribution < 1.29 is 54.9 Å². The minimum atomic E-state index is -4.14. The minimum absolute atomic E-state index is 0.0763. The number of carboxylic acids is 1. The summed E-state index contributed by atoms with van der Waals surface area (Å²) in [6.45, 7) is 10.1. The van der Waals surface area contributed by atoms with Gasteiger partial charge in [0.2, 0.25) is 15.9 Å². The largest absolute Gasteiger partial charge is 0.481 e. The Morgan fingerprint density at radius 1 is 0.778 bits per heavy atom. The van der Waals surface area contributed by atoms with Gasteiger partial charge < -0.3 is 25.0 Å². The topological polar surface area (TPSA) is 235 Å². The van der Waals surface area contributed by atoms with E-state index in [4.69, 9.17) is 14.8 Å². The van der Waals surface area contributed by atoms with Crippen LogP contribution in [0.1, 0.15) is 90.9 Å². The van der Waals surface area contributed by atoms with Gasteiger partial charge in [-0.05, 0) is 80.5 Å². The maximum Gasteiger partial charge on any atom is 0.344 e. The average Bonchev–Trinajstić information content (AvgIpc) is 3.21. The molecule has 0 saturated carbocycles. The van der Waals surface area contributed by atoms with Crippen molar-refractivity contribution in [2.45, 2.75) is 79.1 Å². The molecule has 1 atom stereocenters. The molecule has 1 aliphatic carbocycles. The van der Waals surface area contributed by atoms with Crippen molar-refractivity contribution >= 4 is 55.2 Å². The zero-order chi connectivity index (χ0) is 46.6. The Morgan fingerprint density at radius 2 is 1.41 bits per heavy atom. The number of carboxylic acid groups (broad SMARTS) is 1. The minimum Gasteiger partial charge on any atom is -0.481 e. The molecule has 0 fully saturated rings. The highest BCUT2D eigenvalue weighted by Gasteiger charge is 2.26. The van der Waals surface area contributed by atoms with Crippen LogP contribution in [0.15, 0.2) is 71.3 Å². The zero-order valence-electron chi connectivity index (χ0n) is 37.1. The van der Waals surface area contributed by atoms with Crippen LogP contribution in [-0.4, -0.2) is 125 Å². The number of nitrogens with one attached hydrogen (secondary N) is 3. The first-order chi connectivity index (χ1) is 29.7. The summed E-state index contributed by atoms with van der Waals surface area (Å²) in [5.74, 6) is -2.32. The molecular weight excluding hydrogens is 851 g/mol. The molecule has 2 aromatic carbocycles. The third-order valence-electron chi connectivity index (χ3n) is 10.4. The van der Waals surface area contributed by atoms with E-state index >= 15 is 0 Å². The number of carbonyl (C=O) groups is 4. The normalized spacial score (nSPS) is 15.2. The molecule has 5 N–H and O–H groups in total. The van der Waals surface area contributed by atoms with E-state index in [9.17, 15) is 40.6 Å². The van der Waals surface area contributed by atoms with Gasteiger partial charge in [-0.1, -0.05) is 49.4 Å². The zero-order valence-corrected chi connectivity index (χ0v) is 38.7. The highest BCUT2D eigenvalue weighted by Crippen LogP contribution is 2.31. The number of esters is 1. The number of ether oxygens (including phenoxy) is 1. The summed E-state index contributed by atoms with van der Waals surface area (Å²) in [6.07, 6.45) is 9.73. The summed E-state index contributed by atoms with van der Waals surface area (Å²) >= 11 is 0. The first-order valence-corrected chi connectivity index (χ1v) is 24.6. The van der Waals surface area contributed by atoms with Gasteiger partial charge in [-0.25, -0.2) is 17.9 Å². The van der Waals surface area contributed by atoms with Gasteiger partial charge in [0.15, 0.2) is 0 Å². The monoisotopic (exact) mass is 914 g/mol. The molecule has 3 rings (SSSR count). The van der Waals surface area contributed by atoms with Crippen molar-refractivity contribution in [1.82, 2.24) is 15.4 Å². The quantitative estimate of drug-likeness (QED) is 0.0203. The number of benzene rings is 2. The number of aryl methyl sites for hydroxylation is 3. The lowest BCUT2D eigenvalue weighted by molar-refractivity contribution is -0.909. The maximum absolute atomic E-state index is 14.3. The van der Waals surface area contributed by atoms with Crippen LogP contribution in [0, 0.1) is 20.8 Å². The van der Waals surface area contributed by atoms with Crippen LogP contribution >= 0.6 is 0 Å². The van der Waals surface area contributed by atoms with Gasteiger partial charge in [0.25, 0.3) is 16.0 Å². The number of quaternary nitrogens is 1. The SMILES string of the molecule is CCCNS(=O)(=O)CCCN=C1C=CC=C/C1=C(\C(=O)Oc1c(C)cc(C(=O)NCCC[N+](C)(CCCNC(=O)CCCC(=O)O)CCCS(=O)(=O)O)cc1C)c1ccccc1C. The number of rotatable bonds is 27. The molecular formula is C45H64N5O11S2+. The number of nitrogens with zero attached hydrogens (tertiary/aromatic N) is 2. The lowest BCUT2D eigenvalue weighted by Crippen LogP contribution is -2.48. The Morgan fingerprint density at radius 3 is 2.05 bits per heavy atom. The molecule has 0 radical (unpaired) electrons. The van der Waals surface area contributed by atoms with Crippen LogP contribution < -0.4 is 20.1 Å². The molecule has 2 aromatic rings. The van der Waals surface area contributed by atoms with Gasteiger partial charge in [0.1, 0.15) is 5.75 Å². The molecule has 0 saturated heterocycles. The number of hydrogen-bond acceptors (Lipinski definition) is 10. The molecule has 346 valence electrons. The van der Waals surface area contributed by atoms with Gasteiger partial charge in [0, 0.05) is 69.4 Å². The summed E-state index contributed by atoms with van der Waals surface area (Å²) in [5.41, 5.74) is 4.29. The van der Waals surface area contributed by atoms with Crippen LogP contribution in [0.25, 0.3) is 5.57 Å². The number of aliphatic carboxylic acids is 1. The first-order valence-electron chi connectivity index (χ1n) is 21.3. The maximum atomic E-state index is 14.3. The highest BCUT2D eigenvalue weighted by molar-refractivity contribution is 7.89. The van der Waals surface area contributed by atoms with E-state index in [1.165, 1.54) is 0 Å². The Bertz CT molecular complexity index is 2260. The van der Waals surface area contributed by atoms with Crippen molar-refractivity contribution in [1.29, 1.82) is 0 Å². The molecule has 0 bridgehead atoms. The van der Waals surface area contributed by atoms with Crippen LogP contribution in [0.4, 0.5) is 0 Å². The van der Waals surface area contributed by atoms with Gasteiger partial charge in [0.05, 0.1) is 49.5 Å². The number of amides is 2. The molecule has 16 nitrogen and oxygen atoms in total. The number of hydrogen-bond donors (Lipinski definition) is 5. The average molecular weight is 915 g/mol. The second kappa shape index (κ2) is 25.3. The predicted octanol–water partition coefficient (Wildman–Crippen LogP) is 4.86. The lowest BCUT2D eigenvalue weighted by atomic mass is 9.91. The second-order valence-electron chi connectivity index (χ2n) is 16.0. The molecule has 2 amide bonds. The summed E-state index contributed by atoms with van der Waals surface area (Å²) in [4.78, 5) is 55.2. The van der Waals surface area contributed by atoms with Crippen molar-refractivity contribution in [3.8, 4) is 5.75 Å². The van der Waals surface area contributed by atoms with Crippen LogP contribution in [-0.2, 0) is 34.5 Å². The summed E-state index contributed by atoms with van der Waals surface area (Å²) in [7, 11) is -5.61. The van der Waals surface area contributed by atoms with E-state index in [0.29, 0.717) is 102 Å². The van der Waals surface area contributed by atoms with E-state index in [1.54, 1.807) is 50.3 Å². The van der Waals surface area contributed by atoms with Gasteiger partial charge in [-0.3, -0.25) is 23.9 Å². The molecule has 1 aliphatic rings. The molecule has 0 spiro atoms. The lowest BCUT2D eigenvalue weighted by Gasteiger charge is -2.35. The molecule has 18 heteroatoms. The van der Waals surface area contributed by atoms with E-state index in [0.717, 1.165) is 5.56 Å². The third kappa shape index (κ3) is 18.7.